The first-order valence-corrected chi connectivity index (χ1v) is 11.0. The third kappa shape index (κ3) is 4.35. The smallest absolute Gasteiger partial charge is 0.251 e. The van der Waals surface area contributed by atoms with Gasteiger partial charge in [0.05, 0.1) is 18.2 Å². The van der Waals surface area contributed by atoms with E-state index < -0.39 is 0 Å². The summed E-state index contributed by atoms with van der Waals surface area (Å²) in [5.74, 6) is 1.92. The van der Waals surface area contributed by atoms with Gasteiger partial charge in [-0.3, -0.25) is 4.79 Å². The number of carbonyl (C=O) groups excluding carboxylic acids is 1. The van der Waals surface area contributed by atoms with Gasteiger partial charge >= 0.3 is 0 Å². The van der Waals surface area contributed by atoms with E-state index in [2.05, 4.69) is 24.3 Å². The van der Waals surface area contributed by atoms with Crippen LogP contribution in [0.25, 0.3) is 0 Å². The Hall–Kier alpha value is -1.50. The van der Waals surface area contributed by atoms with Gasteiger partial charge in [-0.05, 0) is 58.7 Å². The van der Waals surface area contributed by atoms with Crippen molar-refractivity contribution in [2.75, 3.05) is 40.5 Å². The highest BCUT2D eigenvalue weighted by atomic mass is 35.5. The minimum atomic E-state index is -0.128. The van der Waals surface area contributed by atoms with Gasteiger partial charge in [0.1, 0.15) is 12.7 Å². The third-order valence-corrected chi connectivity index (χ3v) is 6.88. The van der Waals surface area contributed by atoms with Crippen LogP contribution >= 0.6 is 11.6 Å². The van der Waals surface area contributed by atoms with Crippen LogP contribution in [0.5, 0.6) is 11.5 Å². The summed E-state index contributed by atoms with van der Waals surface area (Å²) in [5, 5.41) is 3.42. The van der Waals surface area contributed by atoms with Gasteiger partial charge in [-0.1, -0.05) is 11.6 Å². The number of nitrogens with one attached hydrogen (secondary N) is 1. The fraction of sp³-hybridized carbons (Fsp3) is 0.682. The van der Waals surface area contributed by atoms with E-state index in [1.54, 1.807) is 6.07 Å². The average Bonchev–Trinajstić information content (AvgIpc) is 2.69. The molecule has 4 rings (SSSR count). The lowest BCUT2D eigenvalue weighted by Crippen LogP contribution is -2.41. The summed E-state index contributed by atoms with van der Waals surface area (Å²) in [5.41, 5.74) is 1.34. The van der Waals surface area contributed by atoms with Crippen LogP contribution in [0.3, 0.4) is 0 Å². The highest BCUT2D eigenvalue weighted by Crippen LogP contribution is 2.45. The van der Waals surface area contributed by atoms with Crippen LogP contribution in [0.1, 0.15) is 41.6 Å². The van der Waals surface area contributed by atoms with Gasteiger partial charge in [0, 0.05) is 29.6 Å². The van der Waals surface area contributed by atoms with Crippen LogP contribution in [0.2, 0.25) is 5.02 Å². The zero-order chi connectivity index (χ0) is 20.5. The summed E-state index contributed by atoms with van der Waals surface area (Å²) in [4.78, 5) is 15.0. The standard InChI is InChI=1S/C22H31ClN2O4/c1-13-17(22(26)24-9-14-10-27-11-14)8-18(23)21-20(13)29-19(12-28-21)15-4-6-16(7-5-15)25(2)3/h8,14-16,19H,4-7,9-12H2,1-3H3,(H,24,26)/t15-,16+,19-/m1/s1. The van der Waals surface area contributed by atoms with E-state index >= 15 is 0 Å². The minimum Gasteiger partial charge on any atom is -0.484 e. The summed E-state index contributed by atoms with van der Waals surface area (Å²) < 4.78 is 17.6. The number of hydrogen-bond acceptors (Lipinski definition) is 5. The number of nitrogens with zero attached hydrogens (tertiary/aromatic N) is 1. The Morgan fingerprint density at radius 3 is 2.52 bits per heavy atom. The second-order valence-electron chi connectivity index (χ2n) is 8.80. The van der Waals surface area contributed by atoms with Crippen molar-refractivity contribution < 1.29 is 19.0 Å². The number of fused-ring (bicyclic) bond motifs is 1. The molecule has 2 fully saturated rings. The highest BCUT2D eigenvalue weighted by Gasteiger charge is 2.35. The fourth-order valence-corrected chi connectivity index (χ4v) is 4.77. The fourth-order valence-electron chi connectivity index (χ4n) is 4.52. The molecule has 7 heteroatoms. The Bertz CT molecular complexity index is 758. The molecule has 0 unspecified atom stereocenters. The van der Waals surface area contributed by atoms with Crippen molar-refractivity contribution in [3.8, 4) is 11.5 Å². The normalized spacial score (nSPS) is 26.9. The van der Waals surface area contributed by atoms with E-state index in [1.165, 1.54) is 12.8 Å². The van der Waals surface area contributed by atoms with Crippen molar-refractivity contribution in [1.82, 2.24) is 10.2 Å². The molecule has 1 N–H and O–H groups in total. The Kier molecular flexibility index (Phi) is 6.23. The Balaban J connectivity index is 1.46. The maximum Gasteiger partial charge on any atom is 0.251 e. The van der Waals surface area contributed by atoms with E-state index in [4.69, 9.17) is 25.8 Å². The molecule has 1 atom stereocenters. The number of ether oxygens (including phenoxy) is 3. The number of hydrogen-bond donors (Lipinski definition) is 1. The van der Waals surface area contributed by atoms with E-state index in [0.717, 1.165) is 18.4 Å². The predicted octanol–water partition coefficient (Wildman–Crippen LogP) is 3.28. The molecule has 0 spiro atoms. The second kappa shape index (κ2) is 8.70. The van der Waals surface area contributed by atoms with Crippen molar-refractivity contribution in [1.29, 1.82) is 0 Å². The van der Waals surface area contributed by atoms with Crippen molar-refractivity contribution in [3.05, 3.63) is 22.2 Å². The first-order chi connectivity index (χ1) is 13.9. The lowest BCUT2D eigenvalue weighted by molar-refractivity contribution is -0.0298. The molecule has 6 nitrogen and oxygen atoms in total. The molecule has 0 radical (unpaired) electrons. The Morgan fingerprint density at radius 2 is 1.90 bits per heavy atom. The molecule has 29 heavy (non-hydrogen) atoms. The lowest BCUT2D eigenvalue weighted by atomic mass is 9.82. The van der Waals surface area contributed by atoms with E-state index in [9.17, 15) is 4.79 Å². The zero-order valence-electron chi connectivity index (χ0n) is 17.5. The van der Waals surface area contributed by atoms with Gasteiger partial charge in [0.2, 0.25) is 0 Å². The molecule has 0 aromatic heterocycles. The molecule has 0 bridgehead atoms. The topological polar surface area (TPSA) is 60.0 Å². The molecule has 1 aromatic rings. The number of benzene rings is 1. The molecule has 1 aliphatic carbocycles. The van der Waals surface area contributed by atoms with Crippen LogP contribution < -0.4 is 14.8 Å². The van der Waals surface area contributed by atoms with Crippen LogP contribution in [0.4, 0.5) is 0 Å². The summed E-state index contributed by atoms with van der Waals surface area (Å²) in [7, 11) is 4.30. The molecule has 2 aliphatic heterocycles. The molecule has 160 valence electrons. The summed E-state index contributed by atoms with van der Waals surface area (Å²) in [6.07, 6.45) is 4.62. The summed E-state index contributed by atoms with van der Waals surface area (Å²) in [6.45, 7) is 4.45. The van der Waals surface area contributed by atoms with Crippen molar-refractivity contribution in [2.45, 2.75) is 44.8 Å². The predicted molar refractivity (Wildman–Crippen MR) is 112 cm³/mol. The van der Waals surface area contributed by atoms with Crippen LogP contribution in [-0.2, 0) is 4.74 Å². The third-order valence-electron chi connectivity index (χ3n) is 6.60. The molecule has 1 saturated heterocycles. The molecule has 2 heterocycles. The lowest BCUT2D eigenvalue weighted by Gasteiger charge is -2.38. The van der Waals surface area contributed by atoms with Gasteiger partial charge in [-0.15, -0.1) is 0 Å². The van der Waals surface area contributed by atoms with Gasteiger partial charge in [-0.2, -0.15) is 0 Å². The molecule has 1 amide bonds. The van der Waals surface area contributed by atoms with Crippen LogP contribution in [0, 0.1) is 18.8 Å². The Labute approximate surface area is 177 Å². The number of halogens is 1. The summed E-state index contributed by atoms with van der Waals surface area (Å²) >= 11 is 6.44. The number of amides is 1. The number of rotatable bonds is 5. The molecule has 1 aromatic carbocycles. The van der Waals surface area contributed by atoms with Gasteiger partial charge in [0.25, 0.3) is 5.91 Å². The number of carbonyl (C=O) groups is 1. The molecular formula is C22H31ClN2O4. The van der Waals surface area contributed by atoms with Gasteiger partial charge < -0.3 is 24.4 Å². The van der Waals surface area contributed by atoms with Gasteiger partial charge in [-0.25, -0.2) is 0 Å². The van der Waals surface area contributed by atoms with E-state index in [-0.39, 0.29) is 12.0 Å². The van der Waals surface area contributed by atoms with E-state index in [1.807, 2.05) is 6.92 Å². The van der Waals surface area contributed by atoms with Crippen molar-refractivity contribution in [2.24, 2.45) is 11.8 Å². The monoisotopic (exact) mass is 422 g/mol. The first-order valence-electron chi connectivity index (χ1n) is 10.6. The zero-order valence-corrected chi connectivity index (χ0v) is 18.3. The van der Waals surface area contributed by atoms with E-state index in [0.29, 0.717) is 66.3 Å². The van der Waals surface area contributed by atoms with Gasteiger partial charge in [0.15, 0.2) is 11.5 Å². The highest BCUT2D eigenvalue weighted by molar-refractivity contribution is 6.32. The van der Waals surface area contributed by atoms with Crippen molar-refractivity contribution in [3.63, 3.8) is 0 Å². The maximum atomic E-state index is 12.7. The van der Waals surface area contributed by atoms with Crippen molar-refractivity contribution >= 4 is 17.5 Å². The van der Waals surface area contributed by atoms with Crippen LogP contribution in [-0.4, -0.2) is 63.4 Å². The molecule has 3 aliphatic rings. The average molecular weight is 423 g/mol. The largest absolute Gasteiger partial charge is 0.484 e. The quantitative estimate of drug-likeness (QED) is 0.789. The Morgan fingerprint density at radius 1 is 1.17 bits per heavy atom. The maximum absolute atomic E-state index is 12.7. The first kappa shape index (κ1) is 20.8. The SMILES string of the molecule is Cc1c(C(=O)NCC2COC2)cc(Cl)c2c1O[C@@H]([C@H]1CC[C@@H](N(C)C)CC1)CO2. The summed E-state index contributed by atoms with van der Waals surface area (Å²) in [6, 6.07) is 2.34. The molecule has 1 saturated carbocycles. The molecular weight excluding hydrogens is 392 g/mol. The van der Waals surface area contributed by atoms with Crippen LogP contribution in [0.15, 0.2) is 6.07 Å². The minimum absolute atomic E-state index is 0.00538. The second-order valence-corrected chi connectivity index (χ2v) is 9.21.